The van der Waals surface area contributed by atoms with Crippen molar-refractivity contribution in [2.24, 2.45) is 0 Å². The zero-order valence-corrected chi connectivity index (χ0v) is 16.8. The Morgan fingerprint density at radius 2 is 2.00 bits per heavy atom. The molecule has 9 heteroatoms. The number of imide groups is 1. The van der Waals surface area contributed by atoms with Gasteiger partial charge in [0, 0.05) is 18.7 Å². The highest BCUT2D eigenvalue weighted by molar-refractivity contribution is 6.08. The van der Waals surface area contributed by atoms with Gasteiger partial charge in [0.2, 0.25) is 0 Å². The van der Waals surface area contributed by atoms with E-state index >= 15 is 0 Å². The summed E-state index contributed by atoms with van der Waals surface area (Å²) in [6.45, 7) is 1.84. The monoisotopic (exact) mass is 410 g/mol. The first-order valence-electron chi connectivity index (χ1n) is 9.80. The Kier molecular flexibility index (Phi) is 4.11. The number of fused-ring (bicyclic) bond motifs is 2. The fraction of sp³-hybridized carbons (Fsp3) is 0.381. The molecule has 1 aromatic heterocycles. The van der Waals surface area contributed by atoms with Crippen molar-refractivity contribution in [2.75, 3.05) is 27.2 Å². The van der Waals surface area contributed by atoms with E-state index in [1.54, 1.807) is 24.1 Å². The Balaban J connectivity index is 1.50. The number of carbonyl (C=O) groups excluding carboxylic acids is 3. The van der Waals surface area contributed by atoms with Crippen molar-refractivity contribution in [1.82, 2.24) is 20.4 Å². The normalized spacial score (nSPS) is 23.3. The van der Waals surface area contributed by atoms with E-state index in [9.17, 15) is 14.4 Å². The van der Waals surface area contributed by atoms with E-state index in [1.807, 2.05) is 19.2 Å². The maximum atomic E-state index is 13.0. The SMILES string of the molecule is COc1ccc2c(c1)C(=O)N(C[C@@]1(c3cc4c(o3)CN(C)CC4)NC(=O)NC1=O)C2. The minimum atomic E-state index is -1.46. The minimum absolute atomic E-state index is 0.0252. The number of hydrogen-bond acceptors (Lipinski definition) is 6. The van der Waals surface area contributed by atoms with Crippen LogP contribution in [0.25, 0.3) is 0 Å². The standard InChI is InChI=1S/C21H22N4O5/c1-24-6-5-12-7-17(30-16(12)10-24)21(19(27)22-20(28)23-21)11-25-9-13-3-4-14(29-2)8-15(13)18(25)26/h3-4,7-8H,5-6,9-11H2,1-2H3,(H2,22,23,27,28)/t21-/m0/s1. The molecule has 4 heterocycles. The number of amides is 4. The minimum Gasteiger partial charge on any atom is -0.497 e. The van der Waals surface area contributed by atoms with Gasteiger partial charge in [0.1, 0.15) is 17.3 Å². The number of carbonyl (C=O) groups is 3. The fourth-order valence-electron chi connectivity index (χ4n) is 4.39. The van der Waals surface area contributed by atoms with E-state index in [2.05, 4.69) is 15.5 Å². The number of rotatable bonds is 4. The molecular formula is C21H22N4O5. The molecular weight excluding hydrogens is 388 g/mol. The van der Waals surface area contributed by atoms with Crippen LogP contribution in [0.15, 0.2) is 28.7 Å². The van der Waals surface area contributed by atoms with Gasteiger partial charge in [-0.3, -0.25) is 19.8 Å². The molecule has 1 aromatic carbocycles. The summed E-state index contributed by atoms with van der Waals surface area (Å²) >= 11 is 0. The molecule has 5 rings (SSSR count). The lowest BCUT2D eigenvalue weighted by Gasteiger charge is -2.29. The van der Waals surface area contributed by atoms with Gasteiger partial charge in [0.05, 0.1) is 20.2 Å². The summed E-state index contributed by atoms with van der Waals surface area (Å²) < 4.78 is 11.3. The van der Waals surface area contributed by atoms with Gasteiger partial charge in [-0.1, -0.05) is 6.07 Å². The summed E-state index contributed by atoms with van der Waals surface area (Å²) in [4.78, 5) is 41.7. The largest absolute Gasteiger partial charge is 0.497 e. The van der Waals surface area contributed by atoms with Gasteiger partial charge in [0.15, 0.2) is 5.54 Å². The molecule has 2 aromatic rings. The van der Waals surface area contributed by atoms with Gasteiger partial charge in [-0.2, -0.15) is 0 Å². The molecule has 1 fully saturated rings. The van der Waals surface area contributed by atoms with E-state index < -0.39 is 17.5 Å². The van der Waals surface area contributed by atoms with Gasteiger partial charge < -0.3 is 19.4 Å². The smallest absolute Gasteiger partial charge is 0.322 e. The molecule has 30 heavy (non-hydrogen) atoms. The third kappa shape index (κ3) is 2.77. The van der Waals surface area contributed by atoms with E-state index in [-0.39, 0.29) is 12.5 Å². The van der Waals surface area contributed by atoms with Crippen molar-refractivity contribution in [3.63, 3.8) is 0 Å². The lowest BCUT2D eigenvalue weighted by molar-refractivity contribution is -0.125. The van der Waals surface area contributed by atoms with E-state index in [0.29, 0.717) is 30.2 Å². The summed E-state index contributed by atoms with van der Waals surface area (Å²) in [6.07, 6.45) is 0.800. The molecule has 0 spiro atoms. The van der Waals surface area contributed by atoms with Crippen molar-refractivity contribution >= 4 is 17.8 Å². The zero-order valence-electron chi connectivity index (χ0n) is 16.8. The molecule has 0 saturated carbocycles. The quantitative estimate of drug-likeness (QED) is 0.728. The number of furan rings is 1. The second-order valence-corrected chi connectivity index (χ2v) is 8.04. The number of methoxy groups -OCH3 is 1. The highest BCUT2D eigenvalue weighted by Gasteiger charge is 2.53. The number of ether oxygens (including phenoxy) is 1. The van der Waals surface area contributed by atoms with Gasteiger partial charge in [-0.15, -0.1) is 0 Å². The van der Waals surface area contributed by atoms with Crippen LogP contribution in [0.3, 0.4) is 0 Å². The van der Waals surface area contributed by atoms with Crippen molar-refractivity contribution in [3.05, 3.63) is 52.5 Å². The maximum absolute atomic E-state index is 13.0. The molecule has 0 unspecified atom stereocenters. The molecule has 0 bridgehead atoms. The lowest BCUT2D eigenvalue weighted by atomic mass is 9.94. The Labute approximate surface area is 172 Å². The predicted octanol–water partition coefficient (Wildman–Crippen LogP) is 0.967. The molecule has 3 aliphatic heterocycles. The summed E-state index contributed by atoms with van der Waals surface area (Å²) in [5.41, 5.74) is 0.947. The van der Waals surface area contributed by atoms with Crippen molar-refractivity contribution in [2.45, 2.75) is 25.0 Å². The van der Waals surface area contributed by atoms with Crippen LogP contribution in [0, 0.1) is 0 Å². The van der Waals surface area contributed by atoms with Gasteiger partial charge >= 0.3 is 6.03 Å². The summed E-state index contributed by atoms with van der Waals surface area (Å²) in [5.74, 6) is 0.996. The maximum Gasteiger partial charge on any atom is 0.322 e. The third-order valence-corrected chi connectivity index (χ3v) is 6.06. The predicted molar refractivity (Wildman–Crippen MR) is 105 cm³/mol. The van der Waals surface area contributed by atoms with E-state index in [1.165, 1.54) is 0 Å². The van der Waals surface area contributed by atoms with Crippen LogP contribution in [0.4, 0.5) is 4.79 Å². The third-order valence-electron chi connectivity index (χ3n) is 6.06. The first-order valence-corrected chi connectivity index (χ1v) is 9.80. The summed E-state index contributed by atoms with van der Waals surface area (Å²) in [6, 6.07) is 6.57. The van der Waals surface area contributed by atoms with Gasteiger partial charge in [0.25, 0.3) is 11.8 Å². The number of nitrogens with one attached hydrogen (secondary N) is 2. The van der Waals surface area contributed by atoms with Crippen LogP contribution in [0.2, 0.25) is 0 Å². The number of benzene rings is 1. The Morgan fingerprint density at radius 1 is 1.17 bits per heavy atom. The van der Waals surface area contributed by atoms with Crippen molar-refractivity contribution < 1.29 is 23.5 Å². The van der Waals surface area contributed by atoms with Crippen LogP contribution in [0.1, 0.15) is 33.0 Å². The number of urea groups is 1. The van der Waals surface area contributed by atoms with Crippen LogP contribution in [-0.2, 0) is 29.8 Å². The van der Waals surface area contributed by atoms with Crippen LogP contribution in [-0.4, -0.2) is 54.9 Å². The lowest BCUT2D eigenvalue weighted by Crippen LogP contribution is -2.52. The van der Waals surface area contributed by atoms with Crippen LogP contribution < -0.4 is 15.4 Å². The zero-order chi connectivity index (χ0) is 21.0. The molecule has 156 valence electrons. The topological polar surface area (TPSA) is 104 Å². The van der Waals surface area contributed by atoms with Gasteiger partial charge in [-0.25, -0.2) is 4.79 Å². The van der Waals surface area contributed by atoms with Gasteiger partial charge in [-0.05, 0) is 42.8 Å². The molecule has 0 radical (unpaired) electrons. The molecule has 1 atom stereocenters. The van der Waals surface area contributed by atoms with Crippen molar-refractivity contribution in [3.8, 4) is 5.75 Å². The first-order chi connectivity index (χ1) is 14.4. The van der Waals surface area contributed by atoms with E-state index in [0.717, 1.165) is 29.9 Å². The Bertz CT molecular complexity index is 1080. The average molecular weight is 410 g/mol. The second kappa shape index (κ2) is 6.60. The average Bonchev–Trinajstić information content (AvgIpc) is 3.36. The van der Waals surface area contributed by atoms with E-state index in [4.69, 9.17) is 9.15 Å². The highest BCUT2D eigenvalue weighted by Crippen LogP contribution is 2.35. The molecule has 2 N–H and O–H groups in total. The molecule has 0 aliphatic carbocycles. The molecule has 3 aliphatic rings. The number of likely N-dealkylation sites (N-methyl/N-ethyl adjacent to an activating group) is 1. The Hall–Kier alpha value is -3.33. The van der Waals surface area contributed by atoms with Crippen LogP contribution >= 0.6 is 0 Å². The molecule has 9 nitrogen and oxygen atoms in total. The summed E-state index contributed by atoms with van der Waals surface area (Å²) in [7, 11) is 3.54. The Morgan fingerprint density at radius 3 is 2.73 bits per heavy atom. The first kappa shape index (κ1) is 18.7. The number of hydrogen-bond donors (Lipinski definition) is 2. The molecule has 1 saturated heterocycles. The molecule has 4 amide bonds. The summed E-state index contributed by atoms with van der Waals surface area (Å²) in [5, 5.41) is 5.03. The van der Waals surface area contributed by atoms with Crippen LogP contribution in [0.5, 0.6) is 5.75 Å². The second-order valence-electron chi connectivity index (χ2n) is 8.04. The number of nitrogens with zero attached hydrogens (tertiary/aromatic N) is 2. The highest BCUT2D eigenvalue weighted by atomic mass is 16.5. The van der Waals surface area contributed by atoms with Crippen molar-refractivity contribution in [1.29, 1.82) is 0 Å². The fourth-order valence-corrected chi connectivity index (χ4v) is 4.39.